The normalized spacial score (nSPS) is 11.9. The van der Waals surface area contributed by atoms with Gasteiger partial charge in [-0.2, -0.15) is 0 Å². The highest BCUT2D eigenvalue weighted by Crippen LogP contribution is 2.28. The van der Waals surface area contributed by atoms with Gasteiger partial charge in [-0.3, -0.25) is 9.59 Å². The molecule has 0 saturated heterocycles. The minimum atomic E-state index is -0.456. The second-order valence-corrected chi connectivity index (χ2v) is 11.5. The number of rotatable bonds is 10. The van der Waals surface area contributed by atoms with E-state index in [0.717, 1.165) is 21.3 Å². The molecule has 0 aliphatic rings. The maximum Gasteiger partial charge on any atom is 0.253 e. The van der Waals surface area contributed by atoms with Crippen molar-refractivity contribution in [3.8, 4) is 0 Å². The van der Waals surface area contributed by atoms with E-state index in [4.69, 9.17) is 23.2 Å². The van der Waals surface area contributed by atoms with E-state index in [1.807, 2.05) is 44.4 Å². The van der Waals surface area contributed by atoms with E-state index in [-0.39, 0.29) is 28.5 Å². The predicted octanol–water partition coefficient (Wildman–Crippen LogP) is 7.01. The minimum absolute atomic E-state index is 0.00713. The van der Waals surface area contributed by atoms with Gasteiger partial charge in [-0.05, 0) is 61.2 Å². The highest BCUT2D eigenvalue weighted by molar-refractivity contribution is 9.10. The van der Waals surface area contributed by atoms with Crippen molar-refractivity contribution in [1.29, 1.82) is 0 Å². The first kappa shape index (κ1) is 29.2. The number of nitrogens with zero attached hydrogens (tertiary/aromatic N) is 3. The van der Waals surface area contributed by atoms with Gasteiger partial charge in [-0.15, -0.1) is 16.8 Å². The van der Waals surface area contributed by atoms with E-state index in [1.165, 1.54) is 17.8 Å². The fourth-order valence-corrected chi connectivity index (χ4v) is 5.71. The molecule has 1 aromatic heterocycles. The Labute approximate surface area is 239 Å². The Morgan fingerprint density at radius 1 is 1.16 bits per heavy atom. The molecule has 0 aliphatic heterocycles. The SMILES string of the molecule is C=CCn1c(SCC(=O)Nc2c(C)cc(Br)cc2C)nnc1[C@H](NC(=O)c1ccc(Cl)cc1Cl)C(C)C. The molecule has 0 radical (unpaired) electrons. The van der Waals surface area contributed by atoms with Crippen molar-refractivity contribution in [2.45, 2.75) is 45.4 Å². The monoisotopic (exact) mass is 623 g/mol. The average Bonchev–Trinajstić information content (AvgIpc) is 3.20. The van der Waals surface area contributed by atoms with Gasteiger partial charge in [0.25, 0.3) is 5.91 Å². The molecule has 0 fully saturated rings. The molecule has 0 unspecified atom stereocenters. The van der Waals surface area contributed by atoms with Crippen LogP contribution in [0.4, 0.5) is 5.69 Å². The van der Waals surface area contributed by atoms with Gasteiger partial charge in [0.15, 0.2) is 11.0 Å². The first-order valence-corrected chi connectivity index (χ1v) is 14.0. The third-order valence-electron chi connectivity index (χ3n) is 5.56. The molecular weight excluding hydrogens is 597 g/mol. The van der Waals surface area contributed by atoms with Crippen molar-refractivity contribution < 1.29 is 9.59 Å². The molecule has 3 aromatic rings. The Bertz CT molecular complexity index is 1310. The maximum absolute atomic E-state index is 13.0. The molecule has 0 bridgehead atoms. The number of allylic oxidation sites excluding steroid dienone is 1. The molecule has 0 aliphatic carbocycles. The summed E-state index contributed by atoms with van der Waals surface area (Å²) in [6.07, 6.45) is 1.72. The number of halogens is 3. The van der Waals surface area contributed by atoms with Crippen molar-refractivity contribution in [3.63, 3.8) is 0 Å². The molecule has 11 heteroatoms. The van der Waals surface area contributed by atoms with Gasteiger partial charge in [0.1, 0.15) is 0 Å². The van der Waals surface area contributed by atoms with Crippen LogP contribution in [0.3, 0.4) is 0 Å². The van der Waals surface area contributed by atoms with E-state index < -0.39 is 6.04 Å². The fourth-order valence-electron chi connectivity index (χ4n) is 3.77. The molecular formula is C26H28BrCl2N5O2S. The summed E-state index contributed by atoms with van der Waals surface area (Å²) in [7, 11) is 0. The summed E-state index contributed by atoms with van der Waals surface area (Å²) in [5.74, 6) is 0.202. The Hall–Kier alpha value is -2.33. The van der Waals surface area contributed by atoms with Gasteiger partial charge in [0, 0.05) is 21.7 Å². The van der Waals surface area contributed by atoms with E-state index in [1.54, 1.807) is 18.2 Å². The number of hydrogen-bond acceptors (Lipinski definition) is 5. The largest absolute Gasteiger partial charge is 0.342 e. The van der Waals surface area contributed by atoms with Crippen LogP contribution in [0.25, 0.3) is 0 Å². The number of amides is 2. The van der Waals surface area contributed by atoms with Crippen molar-refractivity contribution in [3.05, 3.63) is 80.0 Å². The van der Waals surface area contributed by atoms with E-state index >= 15 is 0 Å². The van der Waals surface area contributed by atoms with Gasteiger partial charge < -0.3 is 15.2 Å². The first-order chi connectivity index (χ1) is 17.5. The highest BCUT2D eigenvalue weighted by atomic mass is 79.9. The average molecular weight is 625 g/mol. The molecule has 1 atom stereocenters. The summed E-state index contributed by atoms with van der Waals surface area (Å²) in [4.78, 5) is 25.8. The van der Waals surface area contributed by atoms with Crippen molar-refractivity contribution >= 4 is 68.4 Å². The quantitative estimate of drug-likeness (QED) is 0.187. The molecule has 0 saturated carbocycles. The molecule has 3 rings (SSSR count). The zero-order valence-electron chi connectivity index (χ0n) is 20.9. The third kappa shape index (κ3) is 7.37. The molecule has 196 valence electrons. The van der Waals surface area contributed by atoms with E-state index in [0.29, 0.717) is 28.1 Å². The lowest BCUT2D eigenvalue weighted by molar-refractivity contribution is -0.113. The second-order valence-electron chi connectivity index (χ2n) is 8.81. The van der Waals surface area contributed by atoms with Crippen molar-refractivity contribution in [2.24, 2.45) is 5.92 Å². The number of anilines is 1. The topological polar surface area (TPSA) is 88.9 Å². The Balaban J connectivity index is 1.78. The molecule has 2 aromatic carbocycles. The zero-order chi connectivity index (χ0) is 27.3. The highest BCUT2D eigenvalue weighted by Gasteiger charge is 2.27. The first-order valence-electron chi connectivity index (χ1n) is 11.5. The summed E-state index contributed by atoms with van der Waals surface area (Å²) in [5, 5.41) is 16.0. The van der Waals surface area contributed by atoms with Crippen LogP contribution in [-0.2, 0) is 11.3 Å². The molecule has 7 nitrogen and oxygen atoms in total. The Morgan fingerprint density at radius 2 is 1.84 bits per heavy atom. The molecule has 1 heterocycles. The molecule has 0 spiro atoms. The van der Waals surface area contributed by atoms with Gasteiger partial charge in [0.05, 0.1) is 22.4 Å². The van der Waals surface area contributed by atoms with Gasteiger partial charge in [0.2, 0.25) is 5.91 Å². The Kier molecular flexibility index (Phi) is 10.2. The van der Waals surface area contributed by atoms with Crippen LogP contribution in [0.15, 0.2) is 52.6 Å². The summed E-state index contributed by atoms with van der Waals surface area (Å²) >= 11 is 17.0. The second kappa shape index (κ2) is 13.0. The number of thioether (sulfide) groups is 1. The van der Waals surface area contributed by atoms with Crippen LogP contribution < -0.4 is 10.6 Å². The van der Waals surface area contributed by atoms with Crippen LogP contribution in [0.1, 0.15) is 47.2 Å². The van der Waals surface area contributed by atoms with E-state index in [2.05, 4.69) is 43.3 Å². The predicted molar refractivity (Wildman–Crippen MR) is 155 cm³/mol. The summed E-state index contributed by atoms with van der Waals surface area (Å²) in [6.45, 7) is 12.1. The summed E-state index contributed by atoms with van der Waals surface area (Å²) < 4.78 is 2.82. The molecule has 37 heavy (non-hydrogen) atoms. The van der Waals surface area contributed by atoms with Crippen LogP contribution >= 0.6 is 50.9 Å². The van der Waals surface area contributed by atoms with Crippen LogP contribution in [-0.4, -0.2) is 32.3 Å². The fraction of sp³-hybridized carbons (Fsp3) is 0.308. The lowest BCUT2D eigenvalue weighted by Crippen LogP contribution is -2.34. The summed E-state index contributed by atoms with van der Waals surface area (Å²) in [6, 6.07) is 8.19. The van der Waals surface area contributed by atoms with Crippen LogP contribution in [0, 0.1) is 19.8 Å². The van der Waals surface area contributed by atoms with Crippen molar-refractivity contribution in [2.75, 3.05) is 11.1 Å². The van der Waals surface area contributed by atoms with Gasteiger partial charge in [-0.1, -0.05) is 70.8 Å². The van der Waals surface area contributed by atoms with E-state index in [9.17, 15) is 9.59 Å². The Morgan fingerprint density at radius 3 is 2.43 bits per heavy atom. The number of benzene rings is 2. The zero-order valence-corrected chi connectivity index (χ0v) is 24.9. The van der Waals surface area contributed by atoms with Gasteiger partial charge >= 0.3 is 0 Å². The number of nitrogens with one attached hydrogen (secondary N) is 2. The number of carbonyl (C=O) groups is 2. The number of hydrogen-bond donors (Lipinski definition) is 2. The van der Waals surface area contributed by atoms with Gasteiger partial charge in [-0.25, -0.2) is 0 Å². The number of carbonyl (C=O) groups excluding carboxylic acids is 2. The summed E-state index contributed by atoms with van der Waals surface area (Å²) in [5.41, 5.74) is 3.05. The molecule has 2 N–H and O–H groups in total. The van der Waals surface area contributed by atoms with Crippen LogP contribution in [0.2, 0.25) is 10.0 Å². The standard InChI is InChI=1S/C26H28BrCl2N5O2S/c1-6-9-34-24(22(14(2)3)31-25(36)19-8-7-18(28)12-20(19)29)32-33-26(34)37-13-21(35)30-23-15(4)10-17(27)11-16(23)5/h6-8,10-12,14,22H,1,9,13H2,2-5H3,(H,30,35)(H,31,36)/t22-/m1/s1. The molecule has 2 amide bonds. The lowest BCUT2D eigenvalue weighted by atomic mass is 10.0. The maximum atomic E-state index is 13.0. The van der Waals surface area contributed by atoms with Crippen molar-refractivity contribution in [1.82, 2.24) is 20.1 Å². The smallest absolute Gasteiger partial charge is 0.253 e. The lowest BCUT2D eigenvalue weighted by Gasteiger charge is -2.23. The van der Waals surface area contributed by atoms with Crippen LogP contribution in [0.5, 0.6) is 0 Å². The number of aryl methyl sites for hydroxylation is 2. The number of aromatic nitrogens is 3. The minimum Gasteiger partial charge on any atom is -0.342 e. The third-order valence-corrected chi connectivity index (χ3v) is 7.53.